The maximum absolute atomic E-state index is 13.3. The van der Waals surface area contributed by atoms with Gasteiger partial charge in [-0.25, -0.2) is 4.79 Å². The van der Waals surface area contributed by atoms with E-state index in [-0.39, 0.29) is 5.41 Å². The molecule has 0 fully saturated rings. The van der Waals surface area contributed by atoms with Crippen LogP contribution in [-0.4, -0.2) is 11.1 Å². The number of rotatable bonds is 4. The average molecular weight is 429 g/mol. The lowest BCUT2D eigenvalue weighted by atomic mass is 9.84. The number of carbonyl (C=O) groups excluding carboxylic acids is 1. The Kier molecular flexibility index (Phi) is 5.50. The van der Waals surface area contributed by atoms with Crippen molar-refractivity contribution >= 4 is 5.97 Å². The fourth-order valence-electron chi connectivity index (χ4n) is 5.19. The van der Waals surface area contributed by atoms with Crippen LogP contribution in [-0.2, 0) is 21.6 Å². The van der Waals surface area contributed by atoms with Crippen molar-refractivity contribution in [3.63, 3.8) is 0 Å². The monoisotopic (exact) mass is 428 g/mol. The van der Waals surface area contributed by atoms with Gasteiger partial charge in [0.25, 0.3) is 0 Å². The lowest BCUT2D eigenvalue weighted by molar-refractivity contribution is -0.176. The molecule has 0 saturated heterocycles. The minimum absolute atomic E-state index is 0.284. The van der Waals surface area contributed by atoms with Crippen LogP contribution in [0.5, 0.6) is 0 Å². The van der Waals surface area contributed by atoms with Gasteiger partial charge >= 0.3 is 5.97 Å². The van der Waals surface area contributed by atoms with E-state index in [1.54, 1.807) is 12.1 Å². The van der Waals surface area contributed by atoms with Crippen molar-refractivity contribution in [1.82, 2.24) is 0 Å². The number of hydrogen-bond donors (Lipinski definition) is 1. The van der Waals surface area contributed by atoms with Crippen molar-refractivity contribution in [3.05, 3.63) is 94.0 Å². The van der Waals surface area contributed by atoms with Gasteiger partial charge in [-0.3, -0.25) is 0 Å². The highest BCUT2D eigenvalue weighted by molar-refractivity contribution is 5.82. The largest absolute Gasteiger partial charge is 0.454 e. The summed E-state index contributed by atoms with van der Waals surface area (Å²) in [6.07, 6.45) is 0.363. The van der Waals surface area contributed by atoms with Gasteiger partial charge in [-0.1, -0.05) is 80.1 Å². The number of benzene rings is 3. The van der Waals surface area contributed by atoms with E-state index in [1.807, 2.05) is 18.2 Å². The molecule has 0 spiro atoms. The molecule has 0 unspecified atom stereocenters. The first-order chi connectivity index (χ1) is 15.0. The maximum Gasteiger partial charge on any atom is 0.343 e. The van der Waals surface area contributed by atoms with Gasteiger partial charge in [-0.2, -0.15) is 0 Å². The summed E-state index contributed by atoms with van der Waals surface area (Å²) in [5.74, 6) is -0.623. The van der Waals surface area contributed by atoms with Crippen molar-refractivity contribution in [2.45, 2.75) is 59.7 Å². The normalized spacial score (nSPS) is 18.7. The van der Waals surface area contributed by atoms with E-state index in [0.29, 0.717) is 5.56 Å². The molecule has 1 aliphatic carbocycles. The van der Waals surface area contributed by atoms with Crippen molar-refractivity contribution < 1.29 is 14.6 Å². The number of carbonyl (C=O) groups is 1. The van der Waals surface area contributed by atoms with Gasteiger partial charge in [0.05, 0.1) is 0 Å². The molecule has 3 nitrogen and oxygen atoms in total. The zero-order valence-electron chi connectivity index (χ0n) is 19.8. The first kappa shape index (κ1) is 22.3. The number of aliphatic hydroxyl groups is 1. The molecule has 0 radical (unpaired) electrons. The fraction of sp³-hybridized carbons (Fsp3) is 0.345. The molecule has 3 aromatic carbocycles. The SMILES string of the molecule is Cc1cc(C)c(-c2cccc3c2[C@H](OC(=O)[C@](C)(O)c2ccccc2)C(C)(C)C3)c(C)c1. The summed E-state index contributed by atoms with van der Waals surface area (Å²) < 4.78 is 6.15. The third-order valence-corrected chi connectivity index (χ3v) is 6.72. The zero-order valence-corrected chi connectivity index (χ0v) is 19.8. The van der Waals surface area contributed by atoms with E-state index in [4.69, 9.17) is 4.74 Å². The maximum atomic E-state index is 13.3. The first-order valence-corrected chi connectivity index (χ1v) is 11.2. The lowest BCUT2D eigenvalue weighted by Crippen LogP contribution is -2.37. The highest BCUT2D eigenvalue weighted by atomic mass is 16.6. The van der Waals surface area contributed by atoms with E-state index < -0.39 is 17.7 Å². The number of aryl methyl sites for hydroxylation is 3. The summed E-state index contributed by atoms with van der Waals surface area (Å²) in [5.41, 5.74) is 6.75. The second-order valence-corrected chi connectivity index (χ2v) is 10.0. The number of ether oxygens (including phenoxy) is 1. The van der Waals surface area contributed by atoms with Gasteiger partial charge in [0.2, 0.25) is 0 Å². The minimum Gasteiger partial charge on any atom is -0.454 e. The fourth-order valence-corrected chi connectivity index (χ4v) is 5.19. The van der Waals surface area contributed by atoms with Crippen LogP contribution in [0.15, 0.2) is 60.7 Å². The summed E-state index contributed by atoms with van der Waals surface area (Å²) in [6.45, 7) is 12.1. The van der Waals surface area contributed by atoms with E-state index in [9.17, 15) is 9.90 Å². The topological polar surface area (TPSA) is 46.5 Å². The van der Waals surface area contributed by atoms with Crippen LogP contribution in [0.2, 0.25) is 0 Å². The Morgan fingerprint density at radius 2 is 1.62 bits per heavy atom. The van der Waals surface area contributed by atoms with Crippen LogP contribution in [0, 0.1) is 26.2 Å². The predicted molar refractivity (Wildman–Crippen MR) is 128 cm³/mol. The van der Waals surface area contributed by atoms with Crippen LogP contribution in [0.1, 0.15) is 60.3 Å². The Hall–Kier alpha value is -2.91. The molecular formula is C29H32O3. The molecule has 32 heavy (non-hydrogen) atoms. The number of fused-ring (bicyclic) bond motifs is 1. The van der Waals surface area contributed by atoms with Crippen LogP contribution < -0.4 is 0 Å². The van der Waals surface area contributed by atoms with Gasteiger partial charge in [0.1, 0.15) is 6.10 Å². The molecule has 0 aromatic heterocycles. The molecule has 0 saturated carbocycles. The van der Waals surface area contributed by atoms with Crippen molar-refractivity contribution in [2.75, 3.05) is 0 Å². The average Bonchev–Trinajstić information content (AvgIpc) is 2.98. The third-order valence-electron chi connectivity index (χ3n) is 6.72. The van der Waals surface area contributed by atoms with Gasteiger partial charge in [0, 0.05) is 11.0 Å². The molecule has 1 aliphatic rings. The Morgan fingerprint density at radius 3 is 2.25 bits per heavy atom. The molecule has 0 aliphatic heterocycles. The Bertz CT molecular complexity index is 1150. The van der Waals surface area contributed by atoms with Gasteiger partial charge < -0.3 is 9.84 Å². The molecule has 0 bridgehead atoms. The predicted octanol–water partition coefficient (Wildman–Crippen LogP) is 6.35. The summed E-state index contributed by atoms with van der Waals surface area (Å²) in [7, 11) is 0. The Balaban J connectivity index is 1.80. The van der Waals surface area contributed by atoms with Crippen LogP contribution in [0.3, 0.4) is 0 Å². The van der Waals surface area contributed by atoms with Gasteiger partial charge in [-0.15, -0.1) is 0 Å². The van der Waals surface area contributed by atoms with Gasteiger partial charge in [-0.05, 0) is 67.5 Å². The molecule has 3 heteroatoms. The molecule has 0 amide bonds. The van der Waals surface area contributed by atoms with E-state index in [0.717, 1.165) is 17.5 Å². The van der Waals surface area contributed by atoms with Crippen LogP contribution >= 0.6 is 0 Å². The Labute approximate surface area is 191 Å². The molecule has 166 valence electrons. The minimum atomic E-state index is -1.72. The van der Waals surface area contributed by atoms with Crippen molar-refractivity contribution in [1.29, 1.82) is 0 Å². The second-order valence-electron chi connectivity index (χ2n) is 10.0. The highest BCUT2D eigenvalue weighted by Crippen LogP contribution is 2.52. The summed E-state index contributed by atoms with van der Waals surface area (Å²) in [4.78, 5) is 13.3. The molecule has 3 aromatic rings. The third kappa shape index (κ3) is 3.75. The van der Waals surface area contributed by atoms with Crippen molar-refractivity contribution in [3.8, 4) is 11.1 Å². The molecular weight excluding hydrogens is 396 g/mol. The lowest BCUT2D eigenvalue weighted by Gasteiger charge is -2.32. The number of esters is 1. The first-order valence-electron chi connectivity index (χ1n) is 11.2. The van der Waals surface area contributed by atoms with Crippen molar-refractivity contribution in [2.24, 2.45) is 5.41 Å². The van der Waals surface area contributed by atoms with E-state index in [1.165, 1.54) is 34.7 Å². The van der Waals surface area contributed by atoms with E-state index in [2.05, 4.69) is 65.0 Å². The molecule has 1 N–H and O–H groups in total. The molecule has 0 heterocycles. The van der Waals surface area contributed by atoms with Gasteiger partial charge in [0.15, 0.2) is 5.60 Å². The summed E-state index contributed by atoms with van der Waals surface area (Å²) >= 11 is 0. The summed E-state index contributed by atoms with van der Waals surface area (Å²) in [5, 5.41) is 11.1. The standard InChI is InChI=1S/C29H32O3/c1-18-15-19(2)24(20(3)16-18)23-14-10-11-21-17-28(4,5)26(25(21)23)32-27(30)29(6,31)22-12-8-7-9-13-22/h7-16,26,31H,17H2,1-6H3/t26-,29+/m0/s1. The quantitative estimate of drug-likeness (QED) is 0.492. The molecule has 4 rings (SSSR count). The number of hydrogen-bond acceptors (Lipinski definition) is 3. The second kappa shape index (κ2) is 7.90. The summed E-state index contributed by atoms with van der Waals surface area (Å²) in [6, 6.07) is 19.7. The van der Waals surface area contributed by atoms with E-state index >= 15 is 0 Å². The zero-order chi connectivity index (χ0) is 23.3. The van der Waals surface area contributed by atoms with Crippen LogP contribution in [0.25, 0.3) is 11.1 Å². The highest BCUT2D eigenvalue weighted by Gasteiger charge is 2.46. The molecule has 2 atom stereocenters. The van der Waals surface area contributed by atoms with Crippen LogP contribution in [0.4, 0.5) is 0 Å². The Morgan fingerprint density at radius 1 is 1.00 bits per heavy atom. The smallest absolute Gasteiger partial charge is 0.343 e.